The Hall–Kier alpha value is -0.550. The first-order chi connectivity index (χ1) is 5.69. The largest absolute Gasteiger partial charge is 0.393 e. The van der Waals surface area contributed by atoms with E-state index in [1.165, 1.54) is 6.42 Å². The van der Waals surface area contributed by atoms with Crippen molar-refractivity contribution in [2.24, 2.45) is 5.41 Å². The Morgan fingerprint density at radius 1 is 1.58 bits per heavy atom. The molecule has 1 N–H and O–H groups in total. The fraction of sp³-hybridized carbons (Fsp3) is 0.900. The van der Waals surface area contributed by atoms with Crippen molar-refractivity contribution in [3.05, 3.63) is 0 Å². The zero-order valence-corrected chi connectivity index (χ0v) is 7.71. The molecule has 1 aliphatic carbocycles. The van der Waals surface area contributed by atoms with E-state index in [1.54, 1.807) is 0 Å². The third kappa shape index (κ3) is 1.98. The predicted octanol–water partition coefficient (Wildman–Crippen LogP) is 2.23. The zero-order valence-electron chi connectivity index (χ0n) is 7.71. The van der Waals surface area contributed by atoms with E-state index >= 15 is 0 Å². The van der Waals surface area contributed by atoms with Crippen LogP contribution in [-0.4, -0.2) is 11.2 Å². The fourth-order valence-electron chi connectivity index (χ4n) is 2.01. The van der Waals surface area contributed by atoms with E-state index in [2.05, 4.69) is 13.0 Å². The summed E-state index contributed by atoms with van der Waals surface area (Å²) in [6.07, 6.45) is 5.60. The van der Waals surface area contributed by atoms with Gasteiger partial charge in [-0.1, -0.05) is 19.8 Å². The Labute approximate surface area is 74.2 Å². The SMILES string of the molecule is C[C@@]1(CCC#N)CCCC[C@@H]1O. The van der Waals surface area contributed by atoms with Crippen LogP contribution in [0.5, 0.6) is 0 Å². The Morgan fingerprint density at radius 2 is 2.33 bits per heavy atom. The van der Waals surface area contributed by atoms with Gasteiger partial charge in [-0.25, -0.2) is 0 Å². The number of hydrogen-bond donors (Lipinski definition) is 1. The average Bonchev–Trinajstić information content (AvgIpc) is 2.07. The van der Waals surface area contributed by atoms with Gasteiger partial charge in [-0.3, -0.25) is 0 Å². The molecule has 0 bridgehead atoms. The molecule has 2 heteroatoms. The lowest BCUT2D eigenvalue weighted by atomic mass is 9.71. The van der Waals surface area contributed by atoms with Gasteiger partial charge in [0.25, 0.3) is 0 Å². The van der Waals surface area contributed by atoms with E-state index in [0.717, 1.165) is 25.7 Å². The molecular weight excluding hydrogens is 150 g/mol. The standard InChI is InChI=1S/C10H17NO/c1-10(7-4-8-11)6-3-2-5-9(10)12/h9,12H,2-7H2,1H3/t9-,10-/m0/s1. The molecule has 1 rings (SSSR count). The molecule has 0 saturated heterocycles. The van der Waals surface area contributed by atoms with Crippen molar-refractivity contribution in [1.29, 1.82) is 5.26 Å². The van der Waals surface area contributed by atoms with Gasteiger partial charge < -0.3 is 5.11 Å². The molecular formula is C10H17NO. The summed E-state index contributed by atoms with van der Waals surface area (Å²) in [6.45, 7) is 2.11. The van der Waals surface area contributed by atoms with Gasteiger partial charge >= 0.3 is 0 Å². The van der Waals surface area contributed by atoms with E-state index in [0.29, 0.717) is 6.42 Å². The monoisotopic (exact) mass is 167 g/mol. The minimum atomic E-state index is -0.181. The highest BCUT2D eigenvalue weighted by atomic mass is 16.3. The minimum Gasteiger partial charge on any atom is -0.393 e. The number of nitrogens with zero attached hydrogens (tertiary/aromatic N) is 1. The summed E-state index contributed by atoms with van der Waals surface area (Å²) in [5.74, 6) is 0. The summed E-state index contributed by atoms with van der Waals surface area (Å²) < 4.78 is 0. The number of rotatable bonds is 2. The maximum Gasteiger partial charge on any atom is 0.0621 e. The van der Waals surface area contributed by atoms with Gasteiger partial charge in [-0.2, -0.15) is 5.26 Å². The van der Waals surface area contributed by atoms with Crippen LogP contribution in [0.3, 0.4) is 0 Å². The first kappa shape index (κ1) is 9.54. The average molecular weight is 167 g/mol. The molecule has 2 nitrogen and oxygen atoms in total. The number of nitriles is 1. The minimum absolute atomic E-state index is 0.0218. The number of aliphatic hydroxyl groups excluding tert-OH is 1. The van der Waals surface area contributed by atoms with E-state index in [9.17, 15) is 5.11 Å². The second kappa shape index (κ2) is 3.91. The van der Waals surface area contributed by atoms with E-state index in [4.69, 9.17) is 5.26 Å². The van der Waals surface area contributed by atoms with Crippen molar-refractivity contribution >= 4 is 0 Å². The molecule has 68 valence electrons. The summed E-state index contributed by atoms with van der Waals surface area (Å²) in [5, 5.41) is 18.2. The third-order valence-electron chi connectivity index (χ3n) is 3.09. The molecule has 1 saturated carbocycles. The zero-order chi connectivity index (χ0) is 9.03. The second-order valence-electron chi connectivity index (χ2n) is 4.07. The van der Waals surface area contributed by atoms with Crippen molar-refractivity contribution in [2.75, 3.05) is 0 Å². The maximum absolute atomic E-state index is 9.75. The molecule has 0 spiro atoms. The van der Waals surface area contributed by atoms with Crippen LogP contribution in [0.1, 0.15) is 45.4 Å². The van der Waals surface area contributed by atoms with Crippen molar-refractivity contribution in [2.45, 2.75) is 51.6 Å². The molecule has 12 heavy (non-hydrogen) atoms. The van der Waals surface area contributed by atoms with Gasteiger partial charge in [0, 0.05) is 6.42 Å². The smallest absolute Gasteiger partial charge is 0.0621 e. The van der Waals surface area contributed by atoms with E-state index < -0.39 is 0 Å². The van der Waals surface area contributed by atoms with Crippen LogP contribution in [0.4, 0.5) is 0 Å². The van der Waals surface area contributed by atoms with Crippen LogP contribution in [0.2, 0.25) is 0 Å². The molecule has 0 aromatic carbocycles. The lowest BCUT2D eigenvalue weighted by Crippen LogP contribution is -2.35. The van der Waals surface area contributed by atoms with Gasteiger partial charge in [0.15, 0.2) is 0 Å². The molecule has 0 heterocycles. The lowest BCUT2D eigenvalue weighted by molar-refractivity contribution is -0.00407. The van der Waals surface area contributed by atoms with Crippen LogP contribution in [0, 0.1) is 16.7 Å². The highest BCUT2D eigenvalue weighted by molar-refractivity contribution is 4.88. The lowest BCUT2D eigenvalue weighted by Gasteiger charge is -2.38. The quantitative estimate of drug-likeness (QED) is 0.685. The van der Waals surface area contributed by atoms with E-state index in [-0.39, 0.29) is 11.5 Å². The molecule has 0 aromatic heterocycles. The fourth-order valence-corrected chi connectivity index (χ4v) is 2.01. The topological polar surface area (TPSA) is 44.0 Å². The molecule has 1 aliphatic rings. The summed E-state index contributed by atoms with van der Waals surface area (Å²) in [5.41, 5.74) is 0.0218. The van der Waals surface area contributed by atoms with Crippen LogP contribution in [0.15, 0.2) is 0 Å². The first-order valence-corrected chi connectivity index (χ1v) is 4.74. The molecule has 0 aromatic rings. The van der Waals surface area contributed by atoms with Gasteiger partial charge in [0.05, 0.1) is 12.2 Å². The number of aliphatic hydroxyl groups is 1. The first-order valence-electron chi connectivity index (χ1n) is 4.74. The Balaban J connectivity index is 2.48. The van der Waals surface area contributed by atoms with Crippen LogP contribution in [0.25, 0.3) is 0 Å². The molecule has 0 amide bonds. The molecule has 0 radical (unpaired) electrons. The Bertz CT molecular complexity index is 185. The van der Waals surface area contributed by atoms with Crippen LogP contribution < -0.4 is 0 Å². The van der Waals surface area contributed by atoms with Crippen LogP contribution in [-0.2, 0) is 0 Å². The number of hydrogen-bond acceptors (Lipinski definition) is 2. The van der Waals surface area contributed by atoms with Gasteiger partial charge in [0.1, 0.15) is 0 Å². The highest BCUT2D eigenvalue weighted by Gasteiger charge is 2.34. The normalized spacial score (nSPS) is 35.9. The van der Waals surface area contributed by atoms with Crippen molar-refractivity contribution in [1.82, 2.24) is 0 Å². The van der Waals surface area contributed by atoms with Crippen molar-refractivity contribution in [3.8, 4) is 6.07 Å². The highest BCUT2D eigenvalue weighted by Crippen LogP contribution is 2.39. The van der Waals surface area contributed by atoms with E-state index in [1.807, 2.05) is 0 Å². The molecule has 1 fully saturated rings. The molecule has 0 aliphatic heterocycles. The summed E-state index contributed by atoms with van der Waals surface area (Å²) in [7, 11) is 0. The summed E-state index contributed by atoms with van der Waals surface area (Å²) >= 11 is 0. The predicted molar refractivity (Wildman–Crippen MR) is 47.4 cm³/mol. The summed E-state index contributed by atoms with van der Waals surface area (Å²) in [6, 6.07) is 2.15. The summed E-state index contributed by atoms with van der Waals surface area (Å²) in [4.78, 5) is 0. The van der Waals surface area contributed by atoms with Gasteiger partial charge in [-0.15, -0.1) is 0 Å². The Morgan fingerprint density at radius 3 is 2.92 bits per heavy atom. The third-order valence-corrected chi connectivity index (χ3v) is 3.09. The maximum atomic E-state index is 9.75. The van der Waals surface area contributed by atoms with Crippen molar-refractivity contribution in [3.63, 3.8) is 0 Å². The van der Waals surface area contributed by atoms with Crippen LogP contribution >= 0.6 is 0 Å². The van der Waals surface area contributed by atoms with Gasteiger partial charge in [-0.05, 0) is 24.7 Å². The molecule has 0 unspecified atom stereocenters. The molecule has 2 atom stereocenters. The van der Waals surface area contributed by atoms with Gasteiger partial charge in [0.2, 0.25) is 0 Å². The van der Waals surface area contributed by atoms with Crippen molar-refractivity contribution < 1.29 is 5.11 Å². The second-order valence-corrected chi connectivity index (χ2v) is 4.07. The Kier molecular flexibility index (Phi) is 3.11.